The van der Waals surface area contributed by atoms with Gasteiger partial charge in [-0.25, -0.2) is 9.78 Å². The molecule has 0 unspecified atom stereocenters. The van der Waals surface area contributed by atoms with Crippen LogP contribution in [0, 0.1) is 0 Å². The molecule has 0 aliphatic rings. The Kier molecular flexibility index (Phi) is 2.94. The van der Waals surface area contributed by atoms with Gasteiger partial charge in [0.05, 0.1) is 16.3 Å². The molecule has 0 amide bonds. The van der Waals surface area contributed by atoms with E-state index >= 15 is 0 Å². The average Bonchev–Trinajstić information content (AvgIpc) is 2.77. The number of rotatable bonds is 2. The quantitative estimate of drug-likeness (QED) is 0.755. The van der Waals surface area contributed by atoms with Gasteiger partial charge in [0.25, 0.3) is 0 Å². The zero-order valence-corrected chi connectivity index (χ0v) is 11.7. The van der Waals surface area contributed by atoms with Crippen molar-refractivity contribution in [2.45, 2.75) is 0 Å². The van der Waals surface area contributed by atoms with Gasteiger partial charge in [0.2, 0.25) is 0 Å². The van der Waals surface area contributed by atoms with Gasteiger partial charge in [-0.2, -0.15) is 0 Å². The van der Waals surface area contributed by atoms with Gasteiger partial charge in [0.15, 0.2) is 11.4 Å². The number of hydrogen-bond donors (Lipinski definition) is 2. The van der Waals surface area contributed by atoms with E-state index < -0.39 is 5.97 Å². The zero-order valence-electron chi connectivity index (χ0n) is 10.1. The van der Waals surface area contributed by atoms with E-state index in [1.807, 2.05) is 34.9 Å². The molecule has 0 saturated carbocycles. The largest absolute Gasteiger partial charge is 0.505 e. The van der Waals surface area contributed by atoms with E-state index in [1.165, 1.54) is 6.20 Å². The van der Waals surface area contributed by atoms with Crippen molar-refractivity contribution in [1.82, 2.24) is 9.55 Å². The zero-order chi connectivity index (χ0) is 14.3. The Balaban J connectivity index is 2.34. The van der Waals surface area contributed by atoms with Crippen LogP contribution in [0.3, 0.4) is 0 Å². The lowest BCUT2D eigenvalue weighted by atomic mass is 10.2. The molecule has 0 bridgehead atoms. The van der Waals surface area contributed by atoms with E-state index in [2.05, 4.69) is 20.9 Å². The summed E-state index contributed by atoms with van der Waals surface area (Å²) in [5.41, 5.74) is 1.17. The van der Waals surface area contributed by atoms with Crippen molar-refractivity contribution in [1.29, 1.82) is 0 Å². The van der Waals surface area contributed by atoms with E-state index in [9.17, 15) is 9.90 Å². The lowest BCUT2D eigenvalue weighted by Gasteiger charge is -2.07. The minimum absolute atomic E-state index is 0.328. The number of halogens is 1. The predicted octanol–water partition coefficient (Wildman–Crippen LogP) is 3.19. The highest BCUT2D eigenvalue weighted by molar-refractivity contribution is 9.10. The first kappa shape index (κ1) is 12.7. The summed E-state index contributed by atoms with van der Waals surface area (Å²) in [6, 6.07) is 11.2. The number of fused-ring (bicyclic) bond motifs is 1. The first-order chi connectivity index (χ1) is 9.59. The molecule has 2 aromatic heterocycles. The Morgan fingerprint density at radius 2 is 1.95 bits per heavy atom. The fraction of sp³-hybridized carbons (Fsp3) is 0. The monoisotopic (exact) mass is 332 g/mol. The molecule has 6 heteroatoms. The van der Waals surface area contributed by atoms with Crippen LogP contribution in [0.4, 0.5) is 0 Å². The van der Waals surface area contributed by atoms with Crippen LogP contribution < -0.4 is 0 Å². The van der Waals surface area contributed by atoms with Gasteiger partial charge in [-0.1, -0.05) is 18.2 Å². The highest BCUT2D eigenvalue weighted by Gasteiger charge is 2.18. The Hall–Kier alpha value is -2.34. The first-order valence-electron chi connectivity index (χ1n) is 5.77. The molecule has 0 fully saturated rings. The molecule has 0 saturated heterocycles. The van der Waals surface area contributed by atoms with Crippen LogP contribution in [0.25, 0.3) is 16.6 Å². The molecule has 20 heavy (non-hydrogen) atoms. The third kappa shape index (κ3) is 1.85. The normalized spacial score (nSPS) is 10.8. The lowest BCUT2D eigenvalue weighted by molar-refractivity contribution is 0.0687. The van der Waals surface area contributed by atoms with E-state index in [0.29, 0.717) is 15.5 Å². The molecular formula is C14H9BrN2O3. The highest BCUT2D eigenvalue weighted by atomic mass is 79.9. The number of para-hydroxylation sites is 1. The van der Waals surface area contributed by atoms with Gasteiger partial charge < -0.3 is 14.8 Å². The number of carboxylic acids is 1. The molecule has 3 rings (SSSR count). The van der Waals surface area contributed by atoms with E-state index in [0.717, 1.165) is 5.69 Å². The molecule has 2 N–H and O–H groups in total. The van der Waals surface area contributed by atoms with Crippen molar-refractivity contribution in [2.24, 2.45) is 0 Å². The molecule has 0 atom stereocenters. The summed E-state index contributed by atoms with van der Waals surface area (Å²) in [7, 11) is 0. The van der Waals surface area contributed by atoms with E-state index in [-0.39, 0.29) is 11.4 Å². The number of carbonyl (C=O) groups is 1. The minimum Gasteiger partial charge on any atom is -0.505 e. The second kappa shape index (κ2) is 4.64. The second-order valence-corrected chi connectivity index (χ2v) is 5.01. The number of aromatic nitrogens is 2. The maximum atomic E-state index is 11.0. The van der Waals surface area contributed by atoms with Gasteiger partial charge in [-0.3, -0.25) is 0 Å². The number of nitrogens with zero attached hydrogens (tertiary/aromatic N) is 2. The number of hydrogen-bond acceptors (Lipinski definition) is 3. The summed E-state index contributed by atoms with van der Waals surface area (Å²) in [6.45, 7) is 0. The summed E-state index contributed by atoms with van der Waals surface area (Å²) in [5.74, 6) is -1.58. The van der Waals surface area contributed by atoms with Crippen molar-refractivity contribution in [3.05, 3.63) is 52.9 Å². The maximum Gasteiger partial charge on any atom is 0.358 e. The molecule has 3 aromatic rings. The third-order valence-corrected chi connectivity index (χ3v) is 3.59. The smallest absolute Gasteiger partial charge is 0.358 e. The summed E-state index contributed by atoms with van der Waals surface area (Å²) in [4.78, 5) is 14.8. The number of carboxylic acid groups (broad SMARTS) is 1. The molecule has 100 valence electrons. The van der Waals surface area contributed by atoms with Crippen LogP contribution in [-0.2, 0) is 0 Å². The van der Waals surface area contributed by atoms with Crippen LogP contribution in [0.5, 0.6) is 5.75 Å². The maximum absolute atomic E-state index is 11.0. The number of benzene rings is 1. The second-order valence-electron chi connectivity index (χ2n) is 4.20. The van der Waals surface area contributed by atoms with Crippen molar-refractivity contribution in [2.75, 3.05) is 0 Å². The van der Waals surface area contributed by atoms with Crippen molar-refractivity contribution < 1.29 is 15.0 Å². The average molecular weight is 333 g/mol. The van der Waals surface area contributed by atoms with Crippen LogP contribution in [0.1, 0.15) is 10.5 Å². The molecule has 0 radical (unpaired) electrons. The van der Waals surface area contributed by atoms with Gasteiger partial charge in [0.1, 0.15) is 0 Å². The fourth-order valence-electron chi connectivity index (χ4n) is 2.12. The highest BCUT2D eigenvalue weighted by Crippen LogP contribution is 2.34. The standard InChI is InChI=1S/C14H9BrN2O3/c15-11-6-9-10(7-16-12(13(9)18)14(19)20)17(11)8-4-2-1-3-5-8/h1-7,18H,(H,19,20). The first-order valence-corrected chi connectivity index (χ1v) is 6.56. The summed E-state index contributed by atoms with van der Waals surface area (Å²) in [5, 5.41) is 19.4. The molecule has 1 aromatic carbocycles. The minimum atomic E-state index is -1.26. The fourth-order valence-corrected chi connectivity index (χ4v) is 2.75. The van der Waals surface area contributed by atoms with Crippen LogP contribution in [0.15, 0.2) is 47.2 Å². The molecular weight excluding hydrogens is 324 g/mol. The van der Waals surface area contributed by atoms with Gasteiger partial charge in [0, 0.05) is 11.1 Å². The van der Waals surface area contributed by atoms with Crippen molar-refractivity contribution in [3.63, 3.8) is 0 Å². The Morgan fingerprint density at radius 1 is 1.25 bits per heavy atom. The predicted molar refractivity (Wildman–Crippen MR) is 77.4 cm³/mol. The lowest BCUT2D eigenvalue weighted by Crippen LogP contribution is -2.01. The van der Waals surface area contributed by atoms with Crippen LogP contribution in [-0.4, -0.2) is 25.7 Å². The molecule has 0 aliphatic carbocycles. The number of aromatic carboxylic acids is 1. The molecule has 5 nitrogen and oxygen atoms in total. The van der Waals surface area contributed by atoms with E-state index in [1.54, 1.807) is 6.07 Å². The number of aromatic hydroxyl groups is 1. The Morgan fingerprint density at radius 3 is 2.60 bits per heavy atom. The number of pyridine rings is 1. The van der Waals surface area contributed by atoms with Crippen molar-refractivity contribution >= 4 is 32.8 Å². The molecule has 0 spiro atoms. The summed E-state index contributed by atoms with van der Waals surface area (Å²) >= 11 is 3.42. The van der Waals surface area contributed by atoms with E-state index in [4.69, 9.17) is 5.11 Å². The summed E-state index contributed by atoms with van der Waals surface area (Å²) < 4.78 is 2.55. The SMILES string of the molecule is O=C(O)c1ncc2c(cc(Br)n2-c2ccccc2)c1O. The van der Waals surface area contributed by atoms with Crippen molar-refractivity contribution in [3.8, 4) is 11.4 Å². The Labute approximate surface area is 122 Å². The van der Waals surface area contributed by atoms with Crippen LogP contribution in [0.2, 0.25) is 0 Å². The topological polar surface area (TPSA) is 75.3 Å². The molecule has 0 aliphatic heterocycles. The third-order valence-electron chi connectivity index (χ3n) is 3.01. The van der Waals surface area contributed by atoms with Gasteiger partial charge >= 0.3 is 5.97 Å². The van der Waals surface area contributed by atoms with Gasteiger partial charge in [-0.05, 0) is 34.1 Å². The molecule has 2 heterocycles. The summed E-state index contributed by atoms with van der Waals surface area (Å²) in [6.07, 6.45) is 1.44. The van der Waals surface area contributed by atoms with Gasteiger partial charge in [-0.15, -0.1) is 0 Å². The van der Waals surface area contributed by atoms with Crippen LogP contribution >= 0.6 is 15.9 Å². The Bertz CT molecular complexity index is 812.